The molecule has 1 amide bonds. The van der Waals surface area contributed by atoms with Crippen LogP contribution in [0.1, 0.15) is 54.4 Å². The van der Waals surface area contributed by atoms with E-state index in [1.54, 1.807) is 4.90 Å². The molecule has 4 aromatic rings. The monoisotopic (exact) mass is 537 g/mol. The summed E-state index contributed by atoms with van der Waals surface area (Å²) in [6, 6.07) is 20.4. The van der Waals surface area contributed by atoms with Crippen LogP contribution in [0.5, 0.6) is 5.75 Å². The Hall–Kier alpha value is -4.39. The molecule has 1 fully saturated rings. The first-order valence-electron chi connectivity index (χ1n) is 13.8. The number of ketones is 1. The number of fused-ring (bicyclic) bond motifs is 1. The smallest absolute Gasteiger partial charge is 0.295 e. The molecule has 1 saturated heterocycles. The van der Waals surface area contributed by atoms with Crippen molar-refractivity contribution in [2.75, 3.05) is 13.2 Å². The van der Waals surface area contributed by atoms with Crippen LogP contribution in [0.4, 0.5) is 0 Å². The Morgan fingerprint density at radius 2 is 1.80 bits per heavy atom. The van der Waals surface area contributed by atoms with E-state index in [2.05, 4.69) is 18.8 Å². The zero-order valence-electron chi connectivity index (χ0n) is 23.4. The van der Waals surface area contributed by atoms with Gasteiger partial charge in [0.1, 0.15) is 17.1 Å². The summed E-state index contributed by atoms with van der Waals surface area (Å²) in [6.45, 7) is 8.95. The van der Waals surface area contributed by atoms with Gasteiger partial charge >= 0.3 is 0 Å². The topological polar surface area (TPSA) is 84.1 Å². The van der Waals surface area contributed by atoms with Crippen LogP contribution in [0.2, 0.25) is 0 Å². The number of amides is 1. The number of carbonyl (C=O) groups excluding carboxylic acids is 2. The molecule has 5 rings (SSSR count). The van der Waals surface area contributed by atoms with Crippen LogP contribution in [0, 0.1) is 19.8 Å². The second-order valence-corrected chi connectivity index (χ2v) is 10.8. The van der Waals surface area contributed by atoms with Gasteiger partial charge in [0, 0.05) is 12.7 Å². The van der Waals surface area contributed by atoms with Gasteiger partial charge in [0.05, 0.1) is 23.9 Å². The van der Waals surface area contributed by atoms with E-state index in [-0.39, 0.29) is 11.3 Å². The molecular formula is C33H35N3O4. The Balaban J connectivity index is 1.60. The van der Waals surface area contributed by atoms with Gasteiger partial charge < -0.3 is 19.1 Å². The minimum Gasteiger partial charge on any atom is -0.505 e. The number of pyridine rings is 1. The summed E-state index contributed by atoms with van der Waals surface area (Å²) in [4.78, 5) is 33.3. The molecular weight excluding hydrogens is 502 g/mol. The number of aryl methyl sites for hydroxylation is 2. The van der Waals surface area contributed by atoms with Gasteiger partial charge in [-0.2, -0.15) is 0 Å². The lowest BCUT2D eigenvalue weighted by Crippen LogP contribution is -2.31. The highest BCUT2D eigenvalue weighted by atomic mass is 16.5. The van der Waals surface area contributed by atoms with Crippen molar-refractivity contribution < 1.29 is 19.4 Å². The van der Waals surface area contributed by atoms with Crippen molar-refractivity contribution in [1.29, 1.82) is 0 Å². The number of ether oxygens (including phenoxy) is 1. The van der Waals surface area contributed by atoms with E-state index in [0.29, 0.717) is 53.8 Å². The number of rotatable bonds is 9. The fraction of sp³-hybridized carbons (Fsp3) is 0.303. The van der Waals surface area contributed by atoms with Gasteiger partial charge in [0.2, 0.25) is 0 Å². The maximum atomic E-state index is 13.6. The van der Waals surface area contributed by atoms with Crippen LogP contribution < -0.4 is 4.74 Å². The zero-order valence-corrected chi connectivity index (χ0v) is 23.4. The highest BCUT2D eigenvalue weighted by Gasteiger charge is 2.46. The number of hydrogen-bond donors (Lipinski definition) is 1. The van der Waals surface area contributed by atoms with Gasteiger partial charge in [-0.25, -0.2) is 4.98 Å². The first-order chi connectivity index (χ1) is 19.3. The molecule has 1 aliphatic heterocycles. The first-order valence-corrected chi connectivity index (χ1v) is 13.8. The summed E-state index contributed by atoms with van der Waals surface area (Å²) in [5.74, 6) is -0.449. The van der Waals surface area contributed by atoms with Gasteiger partial charge in [-0.1, -0.05) is 62.4 Å². The molecule has 1 aliphatic rings. The van der Waals surface area contributed by atoms with Crippen molar-refractivity contribution >= 4 is 23.1 Å². The number of carbonyl (C=O) groups is 2. The van der Waals surface area contributed by atoms with Gasteiger partial charge in [-0.15, -0.1) is 0 Å². The van der Waals surface area contributed by atoms with Gasteiger partial charge in [0.15, 0.2) is 5.76 Å². The minimum atomic E-state index is -0.775. The summed E-state index contributed by atoms with van der Waals surface area (Å²) in [6.07, 6.45) is 3.35. The van der Waals surface area contributed by atoms with Crippen LogP contribution in [0.3, 0.4) is 0 Å². The summed E-state index contributed by atoms with van der Waals surface area (Å²) < 4.78 is 7.89. The molecule has 0 spiro atoms. The lowest BCUT2D eigenvalue weighted by atomic mass is 9.96. The highest BCUT2D eigenvalue weighted by Crippen LogP contribution is 2.40. The summed E-state index contributed by atoms with van der Waals surface area (Å²) in [5, 5.41) is 11.7. The molecule has 1 atom stereocenters. The molecule has 2 aromatic heterocycles. The standard InChI is InChI=1S/C33H35N3O4/c1-21(2)16-19-40-26-14-8-13-25(20-26)29-27(30(37)28-23(4)35-17-9-10-22(3)32(35)34-28)31(38)33(39)36(29)18-15-24-11-6-5-7-12-24/h5-14,17,20-21,29,37H,15-16,18-19H2,1-4H3. The number of nitrogens with zero attached hydrogens (tertiary/aromatic N) is 3. The molecule has 1 N–H and O–H groups in total. The molecule has 0 bridgehead atoms. The van der Waals surface area contributed by atoms with E-state index in [1.807, 2.05) is 91.2 Å². The quantitative estimate of drug-likeness (QED) is 0.160. The van der Waals surface area contributed by atoms with Crippen molar-refractivity contribution in [3.8, 4) is 5.75 Å². The molecule has 1 unspecified atom stereocenters. The van der Waals surface area contributed by atoms with E-state index in [4.69, 9.17) is 4.74 Å². The third kappa shape index (κ3) is 5.24. The third-order valence-electron chi connectivity index (χ3n) is 7.47. The molecule has 2 aromatic carbocycles. The molecule has 0 radical (unpaired) electrons. The fourth-order valence-corrected chi connectivity index (χ4v) is 5.21. The van der Waals surface area contributed by atoms with Gasteiger partial charge in [-0.05, 0) is 67.5 Å². The number of benzene rings is 2. The molecule has 0 aliphatic carbocycles. The van der Waals surface area contributed by atoms with Crippen molar-refractivity contribution in [2.45, 2.75) is 46.6 Å². The fourth-order valence-electron chi connectivity index (χ4n) is 5.21. The number of hydrogen-bond acceptors (Lipinski definition) is 5. The first kappa shape index (κ1) is 27.2. The Kier molecular flexibility index (Phi) is 7.74. The second kappa shape index (κ2) is 11.4. The number of aliphatic hydroxyl groups excluding tert-OH is 1. The van der Waals surface area contributed by atoms with E-state index in [9.17, 15) is 14.7 Å². The van der Waals surface area contributed by atoms with Crippen LogP contribution in [-0.4, -0.2) is 44.2 Å². The Morgan fingerprint density at radius 3 is 2.52 bits per heavy atom. The molecule has 0 saturated carbocycles. The van der Waals surface area contributed by atoms with Crippen molar-refractivity contribution in [2.24, 2.45) is 5.92 Å². The average molecular weight is 538 g/mol. The highest BCUT2D eigenvalue weighted by molar-refractivity contribution is 6.46. The minimum absolute atomic E-state index is 0.0431. The van der Waals surface area contributed by atoms with E-state index in [0.717, 1.165) is 17.5 Å². The van der Waals surface area contributed by atoms with Crippen LogP contribution >= 0.6 is 0 Å². The Morgan fingerprint density at radius 1 is 1.02 bits per heavy atom. The van der Waals surface area contributed by atoms with Crippen LogP contribution in [0.25, 0.3) is 11.4 Å². The lowest BCUT2D eigenvalue weighted by molar-refractivity contribution is -0.139. The predicted molar refractivity (Wildman–Crippen MR) is 155 cm³/mol. The average Bonchev–Trinajstić information content (AvgIpc) is 3.42. The van der Waals surface area contributed by atoms with Gasteiger partial charge in [0.25, 0.3) is 11.7 Å². The number of aliphatic hydroxyl groups is 1. The maximum absolute atomic E-state index is 13.6. The van der Waals surface area contributed by atoms with Crippen LogP contribution in [0.15, 0.2) is 78.5 Å². The zero-order chi connectivity index (χ0) is 28.4. The van der Waals surface area contributed by atoms with Crippen molar-refractivity contribution in [3.05, 3.63) is 107 Å². The Bertz CT molecular complexity index is 1590. The molecule has 3 heterocycles. The molecule has 7 heteroatoms. The van der Waals surface area contributed by atoms with Gasteiger partial charge in [-0.3, -0.25) is 9.59 Å². The summed E-state index contributed by atoms with van der Waals surface area (Å²) in [5.41, 5.74) is 4.42. The third-order valence-corrected chi connectivity index (χ3v) is 7.47. The second-order valence-electron chi connectivity index (χ2n) is 10.8. The number of imidazole rings is 1. The molecule has 40 heavy (non-hydrogen) atoms. The predicted octanol–water partition coefficient (Wildman–Crippen LogP) is 6.04. The number of aromatic nitrogens is 2. The van der Waals surface area contributed by atoms with Crippen molar-refractivity contribution in [3.63, 3.8) is 0 Å². The summed E-state index contributed by atoms with van der Waals surface area (Å²) >= 11 is 0. The lowest BCUT2D eigenvalue weighted by Gasteiger charge is -2.25. The SMILES string of the molecule is Cc1cccn2c(C)c(C(O)=C3C(=O)C(=O)N(CCc4ccccc4)C3c3cccc(OCCC(C)C)c3)nc12. The number of Topliss-reactive ketones (excluding diaryl/α,β-unsaturated/α-hetero) is 1. The molecule has 7 nitrogen and oxygen atoms in total. The largest absolute Gasteiger partial charge is 0.505 e. The summed E-state index contributed by atoms with van der Waals surface area (Å²) in [7, 11) is 0. The van der Waals surface area contributed by atoms with Crippen LogP contribution in [-0.2, 0) is 16.0 Å². The normalized spacial score (nSPS) is 16.8. The number of likely N-dealkylation sites (tertiary alicyclic amines) is 1. The maximum Gasteiger partial charge on any atom is 0.295 e. The molecule has 206 valence electrons. The van der Waals surface area contributed by atoms with Crippen molar-refractivity contribution in [1.82, 2.24) is 14.3 Å². The van der Waals surface area contributed by atoms with E-state index < -0.39 is 17.7 Å². The van der Waals surface area contributed by atoms with E-state index >= 15 is 0 Å². The Labute approximate surface area is 234 Å². The van der Waals surface area contributed by atoms with E-state index in [1.165, 1.54) is 0 Å².